The summed E-state index contributed by atoms with van der Waals surface area (Å²) in [7, 11) is 0. The van der Waals surface area contributed by atoms with Gasteiger partial charge in [-0.25, -0.2) is 0 Å². The minimum Gasteiger partial charge on any atom is -0.388 e. The molecule has 2 N–H and O–H groups in total. The van der Waals surface area contributed by atoms with E-state index in [2.05, 4.69) is 12.2 Å². The zero-order valence-electron chi connectivity index (χ0n) is 8.85. The molecule has 1 aromatic rings. The van der Waals surface area contributed by atoms with Crippen LogP contribution in [-0.2, 0) is 4.74 Å². The Hall–Kier alpha value is -0.420. The lowest BCUT2D eigenvalue weighted by Gasteiger charge is -2.30. The summed E-state index contributed by atoms with van der Waals surface area (Å²) in [4.78, 5) is 1.04. The fourth-order valence-electron chi connectivity index (χ4n) is 1.89. The molecule has 1 aromatic heterocycles. The van der Waals surface area contributed by atoms with Gasteiger partial charge in [0.15, 0.2) is 0 Å². The van der Waals surface area contributed by atoms with Crippen LogP contribution in [0.2, 0.25) is 0 Å². The SMILES string of the molecule is CC1COCC(CC(O)c2cccs2)N1. The molecule has 3 nitrogen and oxygen atoms in total. The van der Waals surface area contributed by atoms with E-state index in [4.69, 9.17) is 4.74 Å². The lowest BCUT2D eigenvalue weighted by Crippen LogP contribution is -2.47. The van der Waals surface area contributed by atoms with E-state index in [1.807, 2.05) is 17.5 Å². The van der Waals surface area contributed by atoms with Gasteiger partial charge in [0, 0.05) is 17.0 Å². The first-order valence-corrected chi connectivity index (χ1v) is 6.19. The van der Waals surface area contributed by atoms with Gasteiger partial charge >= 0.3 is 0 Å². The number of hydrogen-bond acceptors (Lipinski definition) is 4. The van der Waals surface area contributed by atoms with Gasteiger partial charge in [0.1, 0.15) is 0 Å². The summed E-state index contributed by atoms with van der Waals surface area (Å²) >= 11 is 1.60. The maximum absolute atomic E-state index is 9.96. The smallest absolute Gasteiger partial charge is 0.0897 e. The third kappa shape index (κ3) is 3.01. The fourth-order valence-corrected chi connectivity index (χ4v) is 2.61. The van der Waals surface area contributed by atoms with Gasteiger partial charge in [-0.1, -0.05) is 6.07 Å². The molecule has 0 radical (unpaired) electrons. The second kappa shape index (κ2) is 5.07. The summed E-state index contributed by atoms with van der Waals surface area (Å²) in [6.07, 6.45) is 0.363. The van der Waals surface area contributed by atoms with Crippen molar-refractivity contribution in [2.24, 2.45) is 0 Å². The number of aliphatic hydroxyl groups is 1. The van der Waals surface area contributed by atoms with Crippen molar-refractivity contribution in [2.75, 3.05) is 13.2 Å². The van der Waals surface area contributed by atoms with Crippen LogP contribution in [0.15, 0.2) is 17.5 Å². The molecule has 84 valence electrons. The third-order valence-corrected chi connectivity index (χ3v) is 3.56. The molecule has 0 saturated carbocycles. The van der Waals surface area contributed by atoms with Crippen molar-refractivity contribution in [2.45, 2.75) is 31.5 Å². The van der Waals surface area contributed by atoms with Gasteiger partial charge in [-0.05, 0) is 24.8 Å². The largest absolute Gasteiger partial charge is 0.388 e. The van der Waals surface area contributed by atoms with E-state index in [9.17, 15) is 5.11 Å². The van der Waals surface area contributed by atoms with Crippen molar-refractivity contribution in [1.29, 1.82) is 0 Å². The molecule has 2 heterocycles. The van der Waals surface area contributed by atoms with E-state index in [1.54, 1.807) is 11.3 Å². The quantitative estimate of drug-likeness (QED) is 0.823. The van der Waals surface area contributed by atoms with Gasteiger partial charge in [0.2, 0.25) is 0 Å². The van der Waals surface area contributed by atoms with Crippen LogP contribution in [0.4, 0.5) is 0 Å². The summed E-state index contributed by atoms with van der Waals surface area (Å²) in [5.41, 5.74) is 0. The normalized spacial score (nSPS) is 28.9. The Morgan fingerprint density at radius 3 is 3.20 bits per heavy atom. The number of thiophene rings is 1. The molecule has 15 heavy (non-hydrogen) atoms. The zero-order chi connectivity index (χ0) is 10.7. The molecule has 3 atom stereocenters. The minimum absolute atomic E-state index is 0.269. The summed E-state index contributed by atoms with van der Waals surface area (Å²) < 4.78 is 5.44. The highest BCUT2D eigenvalue weighted by atomic mass is 32.1. The van der Waals surface area contributed by atoms with Crippen LogP contribution < -0.4 is 5.32 Å². The van der Waals surface area contributed by atoms with E-state index in [0.29, 0.717) is 12.6 Å². The molecule has 0 aliphatic carbocycles. The van der Waals surface area contributed by atoms with Crippen LogP contribution in [0.3, 0.4) is 0 Å². The third-order valence-electron chi connectivity index (χ3n) is 2.59. The van der Waals surface area contributed by atoms with Gasteiger partial charge in [-0.2, -0.15) is 0 Å². The van der Waals surface area contributed by atoms with Crippen molar-refractivity contribution >= 4 is 11.3 Å². The standard InChI is InChI=1S/C11H17NO2S/c1-8-6-14-7-9(12-8)5-10(13)11-3-2-4-15-11/h2-4,8-10,12-13H,5-7H2,1H3. The van der Waals surface area contributed by atoms with Gasteiger partial charge in [-0.3, -0.25) is 0 Å². The predicted molar refractivity (Wildman–Crippen MR) is 61.1 cm³/mol. The Balaban J connectivity index is 1.86. The van der Waals surface area contributed by atoms with Crippen molar-refractivity contribution in [1.82, 2.24) is 5.32 Å². The molecular weight excluding hydrogens is 210 g/mol. The molecule has 1 aliphatic heterocycles. The Kier molecular flexibility index (Phi) is 3.75. The molecule has 3 unspecified atom stereocenters. The van der Waals surface area contributed by atoms with E-state index in [0.717, 1.165) is 17.9 Å². The molecule has 4 heteroatoms. The molecular formula is C11H17NO2S. The highest BCUT2D eigenvalue weighted by molar-refractivity contribution is 7.10. The Morgan fingerprint density at radius 1 is 1.67 bits per heavy atom. The summed E-state index contributed by atoms with van der Waals surface area (Å²) in [6.45, 7) is 3.57. The van der Waals surface area contributed by atoms with Crippen LogP contribution >= 0.6 is 11.3 Å². The summed E-state index contributed by atoms with van der Waals surface area (Å²) in [5, 5.41) is 15.4. The monoisotopic (exact) mass is 227 g/mol. The second-order valence-corrected chi connectivity index (χ2v) is 5.05. The topological polar surface area (TPSA) is 41.5 Å². The lowest BCUT2D eigenvalue weighted by atomic mass is 10.1. The Bertz CT molecular complexity index is 289. The molecule has 0 aromatic carbocycles. The van der Waals surface area contributed by atoms with E-state index >= 15 is 0 Å². The highest BCUT2D eigenvalue weighted by Crippen LogP contribution is 2.23. The van der Waals surface area contributed by atoms with Crippen molar-refractivity contribution < 1.29 is 9.84 Å². The number of hydrogen-bond donors (Lipinski definition) is 2. The number of ether oxygens (including phenoxy) is 1. The minimum atomic E-state index is -0.364. The van der Waals surface area contributed by atoms with Crippen LogP contribution in [0.5, 0.6) is 0 Å². The number of nitrogens with one attached hydrogen (secondary N) is 1. The predicted octanol–water partition coefficient (Wildman–Crippen LogP) is 1.55. The first kappa shape index (κ1) is 11.1. The summed E-state index contributed by atoms with van der Waals surface area (Å²) in [6, 6.07) is 4.60. The van der Waals surface area contributed by atoms with Gasteiger partial charge in [0.05, 0.1) is 19.3 Å². The first-order chi connectivity index (χ1) is 7.25. The lowest BCUT2D eigenvalue weighted by molar-refractivity contribution is 0.0309. The van der Waals surface area contributed by atoms with Gasteiger partial charge in [-0.15, -0.1) is 11.3 Å². The van der Waals surface area contributed by atoms with E-state index < -0.39 is 0 Å². The molecule has 1 aliphatic rings. The average molecular weight is 227 g/mol. The number of aliphatic hydroxyl groups excluding tert-OH is 1. The maximum Gasteiger partial charge on any atom is 0.0897 e. The second-order valence-electron chi connectivity index (χ2n) is 4.07. The van der Waals surface area contributed by atoms with Gasteiger partial charge in [0.25, 0.3) is 0 Å². The van der Waals surface area contributed by atoms with E-state index in [1.165, 1.54) is 0 Å². The Morgan fingerprint density at radius 2 is 2.53 bits per heavy atom. The molecule has 0 spiro atoms. The molecule has 0 amide bonds. The Labute approximate surface area is 94.1 Å². The highest BCUT2D eigenvalue weighted by Gasteiger charge is 2.22. The van der Waals surface area contributed by atoms with Crippen molar-refractivity contribution in [3.8, 4) is 0 Å². The van der Waals surface area contributed by atoms with Crippen LogP contribution in [-0.4, -0.2) is 30.4 Å². The summed E-state index contributed by atoms with van der Waals surface area (Å²) in [5.74, 6) is 0. The number of rotatable bonds is 3. The average Bonchev–Trinajstić information content (AvgIpc) is 2.70. The van der Waals surface area contributed by atoms with Gasteiger partial charge < -0.3 is 15.2 Å². The molecule has 1 fully saturated rings. The van der Waals surface area contributed by atoms with Crippen molar-refractivity contribution in [3.05, 3.63) is 22.4 Å². The molecule has 2 rings (SSSR count). The maximum atomic E-state index is 9.96. The van der Waals surface area contributed by atoms with Crippen LogP contribution in [0.25, 0.3) is 0 Å². The molecule has 1 saturated heterocycles. The fraction of sp³-hybridized carbons (Fsp3) is 0.636. The van der Waals surface area contributed by atoms with Crippen LogP contribution in [0.1, 0.15) is 24.3 Å². The number of morpholine rings is 1. The van der Waals surface area contributed by atoms with Crippen molar-refractivity contribution in [3.63, 3.8) is 0 Å². The molecule has 0 bridgehead atoms. The van der Waals surface area contributed by atoms with Crippen LogP contribution in [0, 0.1) is 0 Å². The van der Waals surface area contributed by atoms with E-state index in [-0.39, 0.29) is 12.1 Å². The zero-order valence-corrected chi connectivity index (χ0v) is 9.67. The first-order valence-electron chi connectivity index (χ1n) is 5.31.